The van der Waals surface area contributed by atoms with E-state index in [0.29, 0.717) is 0 Å². The van der Waals surface area contributed by atoms with E-state index >= 15 is 0 Å². The van der Waals surface area contributed by atoms with Gasteiger partial charge in [-0.15, -0.1) is 0 Å². The van der Waals surface area contributed by atoms with E-state index in [2.05, 4.69) is 17.4 Å². The second-order valence-corrected chi connectivity index (χ2v) is 7.16. The number of hydrogen-bond acceptors (Lipinski definition) is 3. The zero-order valence-corrected chi connectivity index (χ0v) is 12.2. The number of rotatable bonds is 4. The van der Waals surface area contributed by atoms with E-state index in [4.69, 9.17) is 4.74 Å². The molecule has 0 spiro atoms. The van der Waals surface area contributed by atoms with Gasteiger partial charge in [-0.3, -0.25) is 4.21 Å². The Balaban J connectivity index is 2.34. The van der Waals surface area contributed by atoms with E-state index in [-0.39, 0.29) is 16.5 Å². The van der Waals surface area contributed by atoms with Crippen LogP contribution in [0, 0.1) is 0 Å². The minimum atomic E-state index is -0.815. The van der Waals surface area contributed by atoms with Gasteiger partial charge < -0.3 is 10.1 Å². The summed E-state index contributed by atoms with van der Waals surface area (Å²) >= 11 is 0. The predicted octanol–water partition coefficient (Wildman–Crippen LogP) is 2.04. The Hall–Kier alpha value is -0.870. The molecule has 0 bridgehead atoms. The lowest BCUT2D eigenvalue weighted by Crippen LogP contribution is -2.32. The van der Waals surface area contributed by atoms with E-state index < -0.39 is 10.8 Å². The van der Waals surface area contributed by atoms with Crippen molar-refractivity contribution < 1.29 is 8.95 Å². The van der Waals surface area contributed by atoms with Gasteiger partial charge in [-0.25, -0.2) is 0 Å². The Bertz CT molecular complexity index is 459. The molecule has 0 aliphatic heterocycles. The number of methoxy groups -OCH3 is 1. The summed E-state index contributed by atoms with van der Waals surface area (Å²) in [6.45, 7) is 4.04. The summed E-state index contributed by atoms with van der Waals surface area (Å²) in [6, 6.07) is 6.30. The first-order chi connectivity index (χ1) is 8.58. The molecular weight excluding hydrogens is 246 g/mol. The molecule has 4 heteroatoms. The summed E-state index contributed by atoms with van der Waals surface area (Å²) in [7, 11) is 2.79. The lowest BCUT2D eigenvalue weighted by molar-refractivity contribution is 0.413. The van der Waals surface area contributed by atoms with Gasteiger partial charge >= 0.3 is 0 Å². The third-order valence-electron chi connectivity index (χ3n) is 3.55. The van der Waals surface area contributed by atoms with Gasteiger partial charge in [0.25, 0.3) is 0 Å². The zero-order chi connectivity index (χ0) is 13.3. The van der Waals surface area contributed by atoms with Crippen molar-refractivity contribution in [3.63, 3.8) is 0 Å². The maximum Gasteiger partial charge on any atom is 0.119 e. The molecule has 0 fully saturated rings. The minimum Gasteiger partial charge on any atom is -0.497 e. The second-order valence-electron chi connectivity index (χ2n) is 4.95. The van der Waals surface area contributed by atoms with E-state index in [1.807, 2.05) is 27.0 Å². The Labute approximate surface area is 111 Å². The van der Waals surface area contributed by atoms with Crippen LogP contribution in [0.3, 0.4) is 0 Å². The quantitative estimate of drug-likeness (QED) is 0.907. The Morgan fingerprint density at radius 3 is 2.72 bits per heavy atom. The van der Waals surface area contributed by atoms with Crippen LogP contribution < -0.4 is 10.1 Å². The van der Waals surface area contributed by atoms with Crippen molar-refractivity contribution in [3.05, 3.63) is 29.3 Å². The molecule has 1 aromatic carbocycles. The van der Waals surface area contributed by atoms with Crippen molar-refractivity contribution in [2.75, 3.05) is 14.2 Å². The molecule has 1 aliphatic carbocycles. The van der Waals surface area contributed by atoms with Crippen LogP contribution in [0.2, 0.25) is 0 Å². The molecule has 0 radical (unpaired) electrons. The third-order valence-corrected chi connectivity index (χ3v) is 5.52. The average Bonchev–Trinajstić information content (AvgIpc) is 2.74. The van der Waals surface area contributed by atoms with E-state index in [1.165, 1.54) is 11.1 Å². The molecule has 2 rings (SSSR count). The highest BCUT2D eigenvalue weighted by Gasteiger charge is 2.36. The topological polar surface area (TPSA) is 38.3 Å². The molecule has 0 saturated heterocycles. The number of nitrogens with one attached hydrogen (secondary N) is 1. The molecule has 3 unspecified atom stereocenters. The molecular formula is C14H21NO2S. The lowest BCUT2D eigenvalue weighted by Gasteiger charge is -2.21. The molecule has 1 N–H and O–H groups in total. The summed E-state index contributed by atoms with van der Waals surface area (Å²) in [4.78, 5) is 0. The van der Waals surface area contributed by atoms with Gasteiger partial charge in [-0.2, -0.15) is 0 Å². The van der Waals surface area contributed by atoms with Gasteiger partial charge in [0.05, 0.1) is 12.4 Å². The first kappa shape index (κ1) is 13.6. The standard InChI is InChI=1S/C14H21NO2S/c1-9(2)18(16)13-7-10-5-6-11(17-4)8-12(10)14(13)15-3/h5-6,8-9,13-15H,7H2,1-4H3. The Morgan fingerprint density at radius 1 is 1.44 bits per heavy atom. The first-order valence-electron chi connectivity index (χ1n) is 6.32. The van der Waals surface area contributed by atoms with Crippen molar-refractivity contribution >= 4 is 10.8 Å². The zero-order valence-electron chi connectivity index (χ0n) is 11.4. The normalized spacial score (nSPS) is 24.1. The van der Waals surface area contributed by atoms with Gasteiger partial charge in [-0.05, 0) is 36.7 Å². The Kier molecular flexibility index (Phi) is 4.07. The fourth-order valence-corrected chi connectivity index (χ4v) is 4.21. The molecule has 0 heterocycles. The van der Waals surface area contributed by atoms with Gasteiger partial charge in [-0.1, -0.05) is 19.9 Å². The van der Waals surface area contributed by atoms with Crippen LogP contribution in [-0.2, 0) is 17.2 Å². The summed E-state index contributed by atoms with van der Waals surface area (Å²) < 4.78 is 17.6. The summed E-state index contributed by atoms with van der Waals surface area (Å²) in [5.74, 6) is 0.866. The van der Waals surface area contributed by atoms with Crippen LogP contribution in [-0.4, -0.2) is 28.9 Å². The van der Waals surface area contributed by atoms with E-state index in [9.17, 15) is 4.21 Å². The third kappa shape index (κ3) is 2.31. The van der Waals surface area contributed by atoms with Crippen LogP contribution in [0.1, 0.15) is 31.0 Å². The summed E-state index contributed by atoms with van der Waals surface area (Å²) in [6.07, 6.45) is 0.885. The Morgan fingerprint density at radius 2 is 2.17 bits per heavy atom. The molecule has 0 amide bonds. The molecule has 0 aromatic heterocycles. The van der Waals surface area contributed by atoms with Gasteiger partial charge in [0.15, 0.2) is 0 Å². The van der Waals surface area contributed by atoms with Crippen LogP contribution >= 0.6 is 0 Å². The van der Waals surface area contributed by atoms with Crippen molar-refractivity contribution in [3.8, 4) is 5.75 Å². The molecule has 1 aliphatic rings. The SMILES string of the molecule is CNC1c2cc(OC)ccc2CC1S(=O)C(C)C. The van der Waals surface area contributed by atoms with Crippen LogP contribution in [0.15, 0.2) is 18.2 Å². The summed E-state index contributed by atoms with van der Waals surface area (Å²) in [5, 5.41) is 3.67. The molecule has 3 atom stereocenters. The number of hydrogen-bond donors (Lipinski definition) is 1. The van der Waals surface area contributed by atoms with Crippen molar-refractivity contribution in [1.29, 1.82) is 0 Å². The highest BCUT2D eigenvalue weighted by molar-refractivity contribution is 7.86. The number of ether oxygens (including phenoxy) is 1. The lowest BCUT2D eigenvalue weighted by atomic mass is 10.1. The fraction of sp³-hybridized carbons (Fsp3) is 0.571. The fourth-order valence-electron chi connectivity index (χ4n) is 2.62. The van der Waals surface area contributed by atoms with Gasteiger partial charge in [0, 0.05) is 22.1 Å². The van der Waals surface area contributed by atoms with Crippen molar-refractivity contribution in [2.45, 2.75) is 36.8 Å². The highest BCUT2D eigenvalue weighted by Crippen LogP contribution is 2.37. The number of fused-ring (bicyclic) bond motifs is 1. The maximum atomic E-state index is 12.4. The molecule has 3 nitrogen and oxygen atoms in total. The van der Waals surface area contributed by atoms with E-state index in [1.54, 1.807) is 7.11 Å². The maximum absolute atomic E-state index is 12.4. The van der Waals surface area contributed by atoms with E-state index in [0.717, 1.165) is 12.2 Å². The van der Waals surface area contributed by atoms with Crippen molar-refractivity contribution in [2.24, 2.45) is 0 Å². The smallest absolute Gasteiger partial charge is 0.119 e. The second kappa shape index (κ2) is 5.41. The molecule has 18 heavy (non-hydrogen) atoms. The van der Waals surface area contributed by atoms with Crippen LogP contribution in [0.5, 0.6) is 5.75 Å². The van der Waals surface area contributed by atoms with Gasteiger partial charge in [0.1, 0.15) is 5.75 Å². The van der Waals surface area contributed by atoms with Gasteiger partial charge in [0.2, 0.25) is 0 Å². The summed E-state index contributed by atoms with van der Waals surface area (Å²) in [5.41, 5.74) is 2.52. The largest absolute Gasteiger partial charge is 0.497 e. The molecule has 0 saturated carbocycles. The van der Waals surface area contributed by atoms with Crippen LogP contribution in [0.25, 0.3) is 0 Å². The number of benzene rings is 1. The van der Waals surface area contributed by atoms with Crippen LogP contribution in [0.4, 0.5) is 0 Å². The van der Waals surface area contributed by atoms with Crippen molar-refractivity contribution in [1.82, 2.24) is 5.32 Å². The average molecular weight is 267 g/mol. The molecule has 100 valence electrons. The predicted molar refractivity (Wildman–Crippen MR) is 75.6 cm³/mol. The first-order valence-corrected chi connectivity index (χ1v) is 7.59. The highest BCUT2D eigenvalue weighted by atomic mass is 32.2. The minimum absolute atomic E-state index is 0.164. The molecule has 1 aromatic rings. The monoisotopic (exact) mass is 267 g/mol.